The molecule has 8 N–H and O–H groups in total. The molecule has 4 aromatic rings. The summed E-state index contributed by atoms with van der Waals surface area (Å²) in [6, 6.07) is 7.49. The molecule has 2 bridgehead atoms. The van der Waals surface area contributed by atoms with Crippen molar-refractivity contribution >= 4 is 16.7 Å². The molecule has 11 heteroatoms. The number of ketones is 1. The number of nitrogens with two attached hydrogens (primary N) is 1. The maximum atomic E-state index is 13.7. The van der Waals surface area contributed by atoms with E-state index in [2.05, 4.69) is 75.5 Å². The number of carbonyl (C=O) groups excluding carboxylic acids is 1. The zero-order valence-corrected chi connectivity index (χ0v) is 40.2. The van der Waals surface area contributed by atoms with Gasteiger partial charge in [0.1, 0.15) is 23.7 Å². The minimum absolute atomic E-state index is 0.0174. The molecule has 5 heterocycles. The van der Waals surface area contributed by atoms with E-state index in [1.165, 1.54) is 73.3 Å². The second-order valence-electron chi connectivity index (χ2n) is 23.2. The molecule has 9 aliphatic rings. The molecule has 6 aliphatic carbocycles. The predicted octanol–water partition coefficient (Wildman–Crippen LogP) is 9.35. The molecule has 12 atom stereocenters. The third-order valence-corrected chi connectivity index (χ3v) is 19.5. The fourth-order valence-electron chi connectivity index (χ4n) is 16.2. The number of aryl methyl sites for hydroxylation is 1. The SMILES string of the molecule is N[C@@H]1NC[C@H]2CC3(CCCC3)[C@@H]3c4c(ccc1c42)[C@@H](O)C#C[C@@H]1[C@@H](Oc2cc(CCC(=O)C[C@H](O)[C@@H]4C=C5CC[C@H]6CCCC[C@@H]6[C@@H]5C[C@@H]4O)c(O)cc2OC#CC12CCCC2)n1cc2[nH]cc3c2c1. The predicted molar refractivity (Wildman–Crippen MR) is 265 cm³/mol. The molecule has 13 rings (SSSR count). The lowest BCUT2D eigenvalue weighted by atomic mass is 9.55. The smallest absolute Gasteiger partial charge is 0.191 e. The Labute approximate surface area is 411 Å². The average Bonchev–Trinajstić information content (AvgIpc) is 4.19. The lowest BCUT2D eigenvalue weighted by Crippen LogP contribution is -2.45. The lowest BCUT2D eigenvalue weighted by molar-refractivity contribution is -0.122. The number of nitrogens with one attached hydrogen (secondary N) is 2. The monoisotopic (exact) mass is 945 g/mol. The van der Waals surface area contributed by atoms with Gasteiger partial charge < -0.3 is 45.2 Å². The third kappa shape index (κ3) is 7.31. The van der Waals surface area contributed by atoms with Crippen LogP contribution in [-0.2, 0) is 11.2 Å². The number of rotatable bonds is 6. The fraction of sp³-hybridized carbons (Fsp3) is 0.576. The number of ether oxygens (including phenoxy) is 2. The Bertz CT molecular complexity index is 2890. The van der Waals surface area contributed by atoms with Crippen molar-refractivity contribution in [1.29, 1.82) is 0 Å². The van der Waals surface area contributed by atoms with Crippen LogP contribution in [0.1, 0.15) is 179 Å². The molecule has 0 amide bonds. The second-order valence-corrected chi connectivity index (χ2v) is 23.2. The molecular formula is C59H68N4O7. The van der Waals surface area contributed by atoms with Gasteiger partial charge in [0.25, 0.3) is 0 Å². The number of H-pyrrole nitrogens is 1. The summed E-state index contributed by atoms with van der Waals surface area (Å²) in [4.78, 5) is 17.4. The maximum Gasteiger partial charge on any atom is 0.191 e. The number of phenolic OH excluding ortho intramolecular Hbond substituents is 1. The highest BCUT2D eigenvalue weighted by atomic mass is 16.5. The maximum absolute atomic E-state index is 13.7. The van der Waals surface area contributed by atoms with Gasteiger partial charge in [-0.1, -0.05) is 86.5 Å². The van der Waals surface area contributed by atoms with E-state index in [4.69, 9.17) is 15.2 Å². The van der Waals surface area contributed by atoms with Gasteiger partial charge in [-0.25, -0.2) is 0 Å². The lowest BCUT2D eigenvalue weighted by Gasteiger charge is -2.50. The van der Waals surface area contributed by atoms with Crippen LogP contribution in [0.5, 0.6) is 17.2 Å². The van der Waals surface area contributed by atoms with E-state index in [9.17, 15) is 25.2 Å². The van der Waals surface area contributed by atoms with Gasteiger partial charge in [0.2, 0.25) is 0 Å². The van der Waals surface area contributed by atoms with Crippen molar-refractivity contribution in [2.75, 3.05) is 6.54 Å². The fourth-order valence-corrected chi connectivity index (χ4v) is 16.2. The Morgan fingerprint density at radius 2 is 1.76 bits per heavy atom. The van der Waals surface area contributed by atoms with Crippen molar-refractivity contribution < 1.29 is 34.7 Å². The van der Waals surface area contributed by atoms with Crippen LogP contribution in [0.4, 0.5) is 0 Å². The first-order valence-electron chi connectivity index (χ1n) is 26.9. The molecule has 2 spiro atoms. The number of aromatic hydroxyl groups is 1. The molecule has 2 aromatic heterocycles. The number of fused-ring (bicyclic) bond motifs is 10. The number of allylic oxidation sites excluding steroid dienone is 1. The van der Waals surface area contributed by atoms with Gasteiger partial charge in [0.05, 0.1) is 35.2 Å². The number of aliphatic hydroxyl groups excluding tert-OH is 3. The van der Waals surface area contributed by atoms with Crippen LogP contribution < -0.4 is 20.5 Å². The standard InChI is InChI=1S/C59H68N4O7/c60-56-40-14-13-39-47(65)16-15-45-57(63-31-44-43(30-61-46(44)32-63)55-54(39)53(40)36(29-62-56)28-59(55)19-5-6-20-59)70-52-24-35(48(66)27-51(52)69-22-21-58(45)17-3-4-18-58)11-12-37(64)25-49(67)42-23-34-10-9-33-7-1-2-8-38(33)41(34)26-50(42)68/h13-14,23-24,27,30-33,36,38,41-42,45,47,49-50,55-57,61-62,65-68H,1-12,17-20,25-26,28-29,60H2/t33-,36-,38+,41-,42+,45-,47+,49+,50+,55+,56-,57-/m1/s1. The van der Waals surface area contributed by atoms with Gasteiger partial charge in [-0.3, -0.25) is 10.1 Å². The van der Waals surface area contributed by atoms with Crippen LogP contribution in [0.25, 0.3) is 10.9 Å². The van der Waals surface area contributed by atoms with Gasteiger partial charge in [-0.2, -0.15) is 0 Å². The number of aromatic nitrogens is 2. The number of benzene rings is 2. The number of hydrogen-bond acceptors (Lipinski definition) is 9. The van der Waals surface area contributed by atoms with Crippen molar-refractivity contribution in [1.82, 2.24) is 14.9 Å². The van der Waals surface area contributed by atoms with E-state index in [1.807, 2.05) is 0 Å². The molecule has 4 saturated carbocycles. The van der Waals surface area contributed by atoms with Crippen molar-refractivity contribution in [3.05, 3.63) is 87.9 Å². The number of hydrogen-bond donors (Lipinski definition) is 7. The number of aromatic amines is 1. The normalized spacial score (nSPS) is 33.3. The van der Waals surface area contributed by atoms with E-state index < -0.39 is 41.8 Å². The Morgan fingerprint density at radius 3 is 2.61 bits per heavy atom. The minimum Gasteiger partial charge on any atom is -0.508 e. The third-order valence-electron chi connectivity index (χ3n) is 19.5. The Kier molecular flexibility index (Phi) is 11.1. The van der Waals surface area contributed by atoms with Crippen LogP contribution >= 0.6 is 0 Å². The summed E-state index contributed by atoms with van der Waals surface area (Å²) >= 11 is 0. The van der Waals surface area contributed by atoms with Crippen molar-refractivity contribution in [2.24, 2.45) is 46.2 Å². The van der Waals surface area contributed by atoms with Gasteiger partial charge in [-0.15, -0.1) is 0 Å². The molecule has 11 nitrogen and oxygen atoms in total. The first kappa shape index (κ1) is 44.9. The van der Waals surface area contributed by atoms with Crippen LogP contribution in [0.2, 0.25) is 0 Å². The quantitative estimate of drug-likeness (QED) is 0.0734. The first-order valence-corrected chi connectivity index (χ1v) is 26.9. The highest BCUT2D eigenvalue weighted by molar-refractivity contribution is 5.85. The van der Waals surface area contributed by atoms with Gasteiger partial charge in [0.15, 0.2) is 17.7 Å². The molecule has 366 valence electrons. The summed E-state index contributed by atoms with van der Waals surface area (Å²) in [5.74, 6) is 12.2. The van der Waals surface area contributed by atoms with Crippen molar-refractivity contribution in [3.8, 4) is 41.1 Å². The summed E-state index contributed by atoms with van der Waals surface area (Å²) in [6.45, 7) is 0.815. The van der Waals surface area contributed by atoms with Gasteiger partial charge >= 0.3 is 0 Å². The Hall–Kier alpha value is -5.01. The van der Waals surface area contributed by atoms with Crippen LogP contribution in [0.15, 0.2) is 54.5 Å². The van der Waals surface area contributed by atoms with Crippen molar-refractivity contribution in [2.45, 2.75) is 165 Å². The molecule has 3 aliphatic heterocycles. The number of nitrogens with zero attached hydrogens (tertiary/aromatic N) is 1. The topological polar surface area (TPSA) is 175 Å². The van der Waals surface area contributed by atoms with E-state index in [0.29, 0.717) is 35.5 Å². The highest BCUT2D eigenvalue weighted by Gasteiger charge is 2.53. The van der Waals surface area contributed by atoms with Crippen LogP contribution in [-0.4, -0.2) is 54.5 Å². The summed E-state index contributed by atoms with van der Waals surface area (Å²) < 4.78 is 15.6. The molecular weight excluding hydrogens is 877 g/mol. The Balaban J connectivity index is 0.837. The van der Waals surface area contributed by atoms with Crippen molar-refractivity contribution in [3.63, 3.8) is 0 Å². The number of aliphatic hydroxyl groups is 3. The summed E-state index contributed by atoms with van der Waals surface area (Å²) in [6.07, 6.45) is 25.3. The average molecular weight is 945 g/mol. The van der Waals surface area contributed by atoms with Crippen LogP contribution in [0.3, 0.4) is 0 Å². The highest BCUT2D eigenvalue weighted by Crippen LogP contribution is 2.64. The van der Waals surface area contributed by atoms with E-state index >= 15 is 0 Å². The second kappa shape index (κ2) is 17.3. The first-order chi connectivity index (χ1) is 34.1. The van der Waals surface area contributed by atoms with Crippen LogP contribution in [0, 0.1) is 64.3 Å². The number of phenols is 1. The molecule has 70 heavy (non-hydrogen) atoms. The zero-order valence-electron chi connectivity index (χ0n) is 40.2. The molecule has 2 aromatic carbocycles. The zero-order chi connectivity index (χ0) is 47.5. The Morgan fingerprint density at radius 1 is 0.943 bits per heavy atom. The summed E-state index contributed by atoms with van der Waals surface area (Å²) in [5, 5.41) is 51.6. The van der Waals surface area contributed by atoms with E-state index in [-0.39, 0.29) is 54.0 Å². The number of Topliss-reactive ketones (excluding diaryl/α,β-unsaturated/α-hetero) is 1. The molecule has 0 unspecified atom stereocenters. The summed E-state index contributed by atoms with van der Waals surface area (Å²) in [5.41, 5.74) is 14.8. The minimum atomic E-state index is -1.07. The van der Waals surface area contributed by atoms with E-state index in [1.54, 1.807) is 6.07 Å². The molecule has 4 fully saturated rings. The van der Waals surface area contributed by atoms with Gasteiger partial charge in [0, 0.05) is 61.3 Å². The molecule has 0 radical (unpaired) electrons. The van der Waals surface area contributed by atoms with Gasteiger partial charge in [-0.05, 0) is 133 Å². The largest absolute Gasteiger partial charge is 0.508 e. The van der Waals surface area contributed by atoms with E-state index in [0.717, 1.165) is 85.9 Å². The summed E-state index contributed by atoms with van der Waals surface area (Å²) in [7, 11) is 0. The number of carbonyl (C=O) groups is 1. The molecule has 0 saturated heterocycles.